The average Bonchev–Trinajstić information content (AvgIpc) is 3.32. The minimum absolute atomic E-state index is 0.181. The molecular weight excluding hydrogens is 680 g/mol. The quantitative estimate of drug-likeness (QED) is 0.167. The fourth-order valence-electron chi connectivity index (χ4n) is 4.09. The van der Waals surface area contributed by atoms with Gasteiger partial charge in [0.1, 0.15) is 19.0 Å². The Bertz CT molecular complexity index is 1620. The van der Waals surface area contributed by atoms with Crippen LogP contribution in [0.15, 0.2) is 104 Å². The van der Waals surface area contributed by atoms with Crippen LogP contribution in [-0.2, 0) is 18.0 Å². The number of rotatable bonds is 10. The topological polar surface area (TPSA) is 69.2 Å². The Balaban J connectivity index is 1.25. The molecule has 0 radical (unpaired) electrons. The highest BCUT2D eigenvalue weighted by Crippen LogP contribution is 2.38. The summed E-state index contributed by atoms with van der Waals surface area (Å²) in [6, 6.07) is 27.5. The van der Waals surface area contributed by atoms with E-state index < -0.39 is 0 Å². The number of hydrogen-bond acceptors (Lipinski definition) is 6. The van der Waals surface area contributed by atoms with E-state index in [1.165, 1.54) is 11.8 Å². The predicted molar refractivity (Wildman–Crippen MR) is 177 cm³/mol. The Morgan fingerprint density at radius 2 is 1.55 bits per heavy atom. The van der Waals surface area contributed by atoms with Gasteiger partial charge in [0.2, 0.25) is 0 Å². The zero-order valence-electron chi connectivity index (χ0n) is 23.0. The lowest BCUT2D eigenvalue weighted by atomic mass is 10.2. The second-order valence-corrected chi connectivity index (χ2v) is 12.1. The largest absolute Gasteiger partial charge is 0.490 e. The lowest BCUT2D eigenvalue weighted by Gasteiger charge is -2.15. The smallest absolute Gasteiger partial charge is 0.264 e. The summed E-state index contributed by atoms with van der Waals surface area (Å²) in [5, 5.41) is 3.39. The molecule has 0 atom stereocenters. The molecule has 5 rings (SSSR count). The highest BCUT2D eigenvalue weighted by Gasteiger charge is 2.24. The molecule has 214 valence electrons. The Kier molecular flexibility index (Phi) is 10.0. The van der Waals surface area contributed by atoms with Crippen LogP contribution in [0.4, 0.5) is 5.69 Å². The van der Waals surface area contributed by atoms with Crippen molar-refractivity contribution in [3.8, 4) is 17.2 Å². The molecule has 0 spiro atoms. The van der Waals surface area contributed by atoms with Crippen molar-refractivity contribution in [3.63, 3.8) is 0 Å². The van der Waals surface area contributed by atoms with Crippen LogP contribution >= 0.6 is 43.6 Å². The molecule has 0 saturated carbocycles. The van der Waals surface area contributed by atoms with Gasteiger partial charge in [0.15, 0.2) is 16.7 Å². The molecule has 1 aliphatic heterocycles. The van der Waals surface area contributed by atoms with Crippen molar-refractivity contribution in [2.24, 2.45) is 4.99 Å². The molecule has 1 aliphatic rings. The van der Waals surface area contributed by atoms with E-state index in [0.717, 1.165) is 36.9 Å². The van der Waals surface area contributed by atoms with E-state index in [4.69, 9.17) is 14.2 Å². The van der Waals surface area contributed by atoms with Crippen molar-refractivity contribution < 1.29 is 19.0 Å². The molecule has 0 bridgehead atoms. The molecule has 0 unspecified atom stereocenters. The summed E-state index contributed by atoms with van der Waals surface area (Å²) in [7, 11) is 0. The zero-order chi connectivity index (χ0) is 29.5. The maximum atomic E-state index is 12.6. The van der Waals surface area contributed by atoms with Crippen LogP contribution in [0, 0.1) is 6.92 Å². The van der Waals surface area contributed by atoms with Crippen LogP contribution in [0.25, 0.3) is 6.08 Å². The lowest BCUT2D eigenvalue weighted by Crippen LogP contribution is -2.19. The number of hydrogen-bond donors (Lipinski definition) is 1. The number of carbonyl (C=O) groups excluding carboxylic acids is 1. The van der Waals surface area contributed by atoms with Crippen LogP contribution in [0.5, 0.6) is 17.2 Å². The highest BCUT2D eigenvalue weighted by molar-refractivity contribution is 9.11. The number of halogens is 2. The minimum atomic E-state index is -0.181. The van der Waals surface area contributed by atoms with E-state index in [-0.39, 0.29) is 5.91 Å². The third-order valence-corrected chi connectivity index (χ3v) is 8.25. The van der Waals surface area contributed by atoms with Gasteiger partial charge in [-0.1, -0.05) is 54.1 Å². The number of carbonyl (C=O) groups is 1. The monoisotopic (exact) mass is 706 g/mol. The maximum Gasteiger partial charge on any atom is 0.264 e. The second-order valence-electron chi connectivity index (χ2n) is 9.41. The summed E-state index contributed by atoms with van der Waals surface area (Å²) in [4.78, 5) is 17.7. The first-order valence-electron chi connectivity index (χ1n) is 13.3. The lowest BCUT2D eigenvalue weighted by molar-refractivity contribution is -0.115. The van der Waals surface area contributed by atoms with E-state index in [1.807, 2.05) is 105 Å². The fraction of sp³-hybridized carbons (Fsp3) is 0.152. The summed E-state index contributed by atoms with van der Waals surface area (Å²) in [5.41, 5.74) is 4.82. The molecule has 4 aromatic carbocycles. The van der Waals surface area contributed by atoms with Gasteiger partial charge in [0.25, 0.3) is 5.91 Å². The number of nitrogens with one attached hydrogen (secondary N) is 1. The Morgan fingerprint density at radius 1 is 0.833 bits per heavy atom. The van der Waals surface area contributed by atoms with Crippen LogP contribution in [0.1, 0.15) is 29.2 Å². The van der Waals surface area contributed by atoms with Gasteiger partial charge in [-0.3, -0.25) is 4.79 Å². The van der Waals surface area contributed by atoms with Gasteiger partial charge >= 0.3 is 0 Å². The molecule has 1 fully saturated rings. The number of aliphatic imine (C=N–C) groups is 1. The molecule has 4 aromatic rings. The average molecular weight is 708 g/mol. The molecular formula is C33H28Br2N2O4S. The molecule has 9 heteroatoms. The number of amidine groups is 1. The zero-order valence-corrected chi connectivity index (χ0v) is 27.0. The summed E-state index contributed by atoms with van der Waals surface area (Å²) in [5.74, 6) is 1.83. The Morgan fingerprint density at radius 3 is 2.26 bits per heavy atom. The second kappa shape index (κ2) is 14.1. The molecule has 42 heavy (non-hydrogen) atoms. The van der Waals surface area contributed by atoms with Crippen LogP contribution < -0.4 is 19.5 Å². The molecule has 0 aliphatic carbocycles. The van der Waals surface area contributed by atoms with E-state index in [9.17, 15) is 4.79 Å². The predicted octanol–water partition coefficient (Wildman–Crippen LogP) is 8.97. The normalized spacial score (nSPS) is 14.7. The van der Waals surface area contributed by atoms with Crippen molar-refractivity contribution in [1.82, 2.24) is 5.32 Å². The third-order valence-electron chi connectivity index (χ3n) is 6.16. The summed E-state index contributed by atoms with van der Waals surface area (Å²) < 4.78 is 19.6. The SMILES string of the molecule is CCOc1cc(COc2c(Br)cc(/C=C3/SC(=Nc4ccc(C)cc4)NC3=O)cc2Br)ccc1OCc1ccccc1. The van der Waals surface area contributed by atoms with Gasteiger partial charge in [0.05, 0.1) is 26.1 Å². The summed E-state index contributed by atoms with van der Waals surface area (Å²) >= 11 is 8.57. The molecule has 6 nitrogen and oxygen atoms in total. The fourth-order valence-corrected chi connectivity index (χ4v) is 6.38. The molecule has 1 heterocycles. The van der Waals surface area contributed by atoms with E-state index in [2.05, 4.69) is 42.2 Å². The summed E-state index contributed by atoms with van der Waals surface area (Å²) in [6.07, 6.45) is 1.83. The van der Waals surface area contributed by atoms with Gasteiger partial charge in [0, 0.05) is 0 Å². The van der Waals surface area contributed by atoms with E-state index in [1.54, 1.807) is 0 Å². The van der Waals surface area contributed by atoms with Gasteiger partial charge in [-0.05, 0) is 117 Å². The van der Waals surface area contributed by atoms with Crippen LogP contribution in [0.3, 0.4) is 0 Å². The molecule has 1 amide bonds. The van der Waals surface area contributed by atoms with Crippen LogP contribution in [-0.4, -0.2) is 17.7 Å². The van der Waals surface area contributed by atoms with E-state index >= 15 is 0 Å². The van der Waals surface area contributed by atoms with Gasteiger partial charge in [-0.25, -0.2) is 4.99 Å². The highest BCUT2D eigenvalue weighted by atomic mass is 79.9. The van der Waals surface area contributed by atoms with Crippen molar-refractivity contribution in [1.29, 1.82) is 0 Å². The van der Waals surface area contributed by atoms with Gasteiger partial charge < -0.3 is 19.5 Å². The number of ether oxygens (including phenoxy) is 3. The number of aryl methyl sites for hydroxylation is 1. The first-order valence-corrected chi connectivity index (χ1v) is 15.7. The third kappa shape index (κ3) is 7.85. The summed E-state index contributed by atoms with van der Waals surface area (Å²) in [6.45, 7) is 5.28. The number of thioether (sulfide) groups is 1. The van der Waals surface area contributed by atoms with Crippen molar-refractivity contribution in [3.05, 3.63) is 121 Å². The Labute approximate surface area is 266 Å². The first kappa shape index (κ1) is 29.9. The van der Waals surface area contributed by atoms with Crippen molar-refractivity contribution in [2.45, 2.75) is 27.1 Å². The number of amides is 1. The molecule has 0 aromatic heterocycles. The standard InChI is InChI=1S/C33H28Br2N2O4S/c1-3-39-29-17-23(11-14-28(29)40-19-22-7-5-4-6-8-22)20-41-31-26(34)15-24(16-27(31)35)18-30-32(38)37-33(42-30)36-25-12-9-21(2)10-13-25/h4-18H,3,19-20H2,1-2H3,(H,36,37,38)/b30-18+. The molecule has 1 saturated heterocycles. The van der Waals surface area contributed by atoms with Crippen LogP contribution in [0.2, 0.25) is 0 Å². The minimum Gasteiger partial charge on any atom is -0.490 e. The van der Waals surface area contributed by atoms with Gasteiger partial charge in [-0.15, -0.1) is 0 Å². The number of benzene rings is 4. The van der Waals surface area contributed by atoms with Crippen molar-refractivity contribution in [2.75, 3.05) is 6.61 Å². The van der Waals surface area contributed by atoms with Crippen molar-refractivity contribution >= 4 is 66.5 Å². The molecule has 1 N–H and O–H groups in total. The first-order chi connectivity index (χ1) is 20.4. The van der Waals surface area contributed by atoms with E-state index in [0.29, 0.717) is 47.1 Å². The Hall–Kier alpha value is -3.53. The van der Waals surface area contributed by atoms with Gasteiger partial charge in [-0.2, -0.15) is 0 Å². The maximum absolute atomic E-state index is 12.6. The number of nitrogens with zero attached hydrogens (tertiary/aromatic N) is 1.